The third-order valence-corrected chi connectivity index (χ3v) is 8.64. The Morgan fingerprint density at radius 2 is 1.62 bits per heavy atom. The van der Waals surface area contributed by atoms with E-state index >= 15 is 0 Å². The Hall–Kier alpha value is -3.56. The zero-order chi connectivity index (χ0) is 29.3. The Morgan fingerprint density at radius 1 is 0.950 bits per heavy atom. The molecule has 3 aromatic rings. The van der Waals surface area contributed by atoms with Crippen LogP contribution in [0, 0.1) is 0 Å². The van der Waals surface area contributed by atoms with Gasteiger partial charge >= 0.3 is 0 Å². The van der Waals surface area contributed by atoms with Gasteiger partial charge in [0.1, 0.15) is 18.3 Å². The number of halogens is 1. The Bertz CT molecular complexity index is 1380. The third-order valence-electron chi connectivity index (χ3n) is 6.60. The highest BCUT2D eigenvalue weighted by atomic mass is 35.5. The second-order valence-corrected chi connectivity index (χ2v) is 11.7. The number of nitrogens with one attached hydrogen (secondary N) is 1. The highest BCUT2D eigenvalue weighted by Gasteiger charge is 2.34. The minimum absolute atomic E-state index is 0.0404. The molecule has 0 aliphatic rings. The van der Waals surface area contributed by atoms with Gasteiger partial charge in [0.2, 0.25) is 11.8 Å². The summed E-state index contributed by atoms with van der Waals surface area (Å²) in [5.74, 6) is -0.211. The number of anilines is 1. The third kappa shape index (κ3) is 7.76. The molecule has 10 heteroatoms. The van der Waals surface area contributed by atoms with Gasteiger partial charge < -0.3 is 15.0 Å². The van der Waals surface area contributed by atoms with Crippen LogP contribution in [0.4, 0.5) is 5.69 Å². The average Bonchev–Trinajstić information content (AvgIpc) is 2.96. The molecule has 0 saturated carbocycles. The summed E-state index contributed by atoms with van der Waals surface area (Å²) >= 11 is 6.07. The van der Waals surface area contributed by atoms with Crippen molar-refractivity contribution in [1.29, 1.82) is 0 Å². The molecule has 0 saturated heterocycles. The lowest BCUT2D eigenvalue weighted by Crippen LogP contribution is -2.53. The maximum absolute atomic E-state index is 14.1. The monoisotopic (exact) mass is 585 g/mol. The van der Waals surface area contributed by atoms with E-state index in [1.807, 2.05) is 26.8 Å². The Kier molecular flexibility index (Phi) is 11.0. The minimum Gasteiger partial charge on any atom is -0.497 e. The first kappa shape index (κ1) is 31.0. The van der Waals surface area contributed by atoms with E-state index in [9.17, 15) is 18.0 Å². The van der Waals surface area contributed by atoms with Crippen molar-refractivity contribution in [3.05, 3.63) is 89.4 Å². The molecule has 0 heterocycles. The van der Waals surface area contributed by atoms with Crippen molar-refractivity contribution in [2.24, 2.45) is 0 Å². The molecule has 0 aliphatic heterocycles. The van der Waals surface area contributed by atoms with Crippen molar-refractivity contribution >= 4 is 39.1 Å². The molecule has 214 valence electrons. The number of ether oxygens (including phenoxy) is 1. The molecule has 8 nitrogen and oxygen atoms in total. The summed E-state index contributed by atoms with van der Waals surface area (Å²) in [6.45, 7) is 5.25. The summed E-state index contributed by atoms with van der Waals surface area (Å²) in [6.07, 6.45) is 1.07. The van der Waals surface area contributed by atoms with Crippen molar-refractivity contribution in [1.82, 2.24) is 10.2 Å². The number of hydrogen-bond donors (Lipinski definition) is 1. The summed E-state index contributed by atoms with van der Waals surface area (Å²) < 4.78 is 34.0. The Morgan fingerprint density at radius 3 is 2.23 bits per heavy atom. The quantitative estimate of drug-likeness (QED) is 0.295. The fraction of sp³-hybridized carbons (Fsp3) is 0.333. The van der Waals surface area contributed by atoms with Gasteiger partial charge in [0.25, 0.3) is 10.0 Å². The summed E-state index contributed by atoms with van der Waals surface area (Å²) in [5, 5.41) is 3.40. The number of carbonyl (C=O) groups excluding carboxylic acids is 2. The molecule has 0 fully saturated rings. The topological polar surface area (TPSA) is 96.0 Å². The lowest BCUT2D eigenvalue weighted by Gasteiger charge is -2.33. The van der Waals surface area contributed by atoms with Gasteiger partial charge in [-0.25, -0.2) is 8.42 Å². The van der Waals surface area contributed by atoms with Crippen molar-refractivity contribution < 1.29 is 22.7 Å². The maximum Gasteiger partial charge on any atom is 0.264 e. The molecule has 0 spiro atoms. The number of amides is 2. The van der Waals surface area contributed by atoms with Gasteiger partial charge in [0.15, 0.2) is 0 Å². The van der Waals surface area contributed by atoms with E-state index in [-0.39, 0.29) is 29.1 Å². The predicted molar refractivity (Wildman–Crippen MR) is 158 cm³/mol. The smallest absolute Gasteiger partial charge is 0.264 e. The average molecular weight is 586 g/mol. The van der Waals surface area contributed by atoms with E-state index in [4.69, 9.17) is 16.3 Å². The van der Waals surface area contributed by atoms with Gasteiger partial charge in [0.05, 0.1) is 17.7 Å². The molecular formula is C30H36ClN3O5S. The van der Waals surface area contributed by atoms with Crippen LogP contribution >= 0.6 is 11.6 Å². The van der Waals surface area contributed by atoms with Gasteiger partial charge in [-0.15, -0.1) is 0 Å². The highest BCUT2D eigenvalue weighted by molar-refractivity contribution is 7.92. The molecule has 2 amide bonds. The first-order valence-corrected chi connectivity index (χ1v) is 15.0. The normalized spacial score (nSPS) is 12.7. The van der Waals surface area contributed by atoms with Crippen LogP contribution in [-0.2, 0) is 26.2 Å². The van der Waals surface area contributed by atoms with Gasteiger partial charge in [-0.1, -0.05) is 55.8 Å². The molecule has 3 aromatic carbocycles. The summed E-state index contributed by atoms with van der Waals surface area (Å²) in [4.78, 5) is 28.9. The van der Waals surface area contributed by atoms with Crippen LogP contribution in [0.2, 0.25) is 5.02 Å². The van der Waals surface area contributed by atoms with Gasteiger partial charge in [-0.05, 0) is 73.9 Å². The molecule has 2 atom stereocenters. The van der Waals surface area contributed by atoms with Crippen LogP contribution < -0.4 is 14.4 Å². The lowest BCUT2D eigenvalue weighted by atomic mass is 10.1. The van der Waals surface area contributed by atoms with Crippen molar-refractivity contribution in [2.45, 2.75) is 57.1 Å². The molecule has 3 rings (SSSR count). The van der Waals surface area contributed by atoms with Crippen molar-refractivity contribution in [3.63, 3.8) is 0 Å². The zero-order valence-corrected chi connectivity index (χ0v) is 24.8. The SMILES string of the molecule is CC[C@H](C(=O)N[C@@H](C)CC)N(Cc1cccc(OC)c1)C(=O)CN(c1ccc(Cl)cc1)S(=O)(=O)c1ccccc1. The summed E-state index contributed by atoms with van der Waals surface area (Å²) in [5.41, 5.74) is 1.02. The predicted octanol–water partition coefficient (Wildman–Crippen LogP) is 5.27. The number of rotatable bonds is 13. The van der Waals surface area contributed by atoms with Crippen LogP contribution in [0.5, 0.6) is 5.75 Å². The van der Waals surface area contributed by atoms with E-state index in [1.54, 1.807) is 67.8 Å². The molecule has 0 unspecified atom stereocenters. The van der Waals surface area contributed by atoms with E-state index in [0.717, 1.165) is 16.3 Å². The number of benzene rings is 3. The molecule has 1 N–H and O–H groups in total. The number of sulfonamides is 1. The van der Waals surface area contributed by atoms with Crippen molar-refractivity contribution in [2.75, 3.05) is 18.0 Å². The fourth-order valence-corrected chi connectivity index (χ4v) is 5.75. The number of methoxy groups -OCH3 is 1. The number of carbonyl (C=O) groups is 2. The Labute approximate surface area is 241 Å². The Balaban J connectivity index is 2.05. The number of nitrogens with zero attached hydrogens (tertiary/aromatic N) is 2. The van der Waals surface area contributed by atoms with E-state index in [2.05, 4.69) is 5.32 Å². The van der Waals surface area contributed by atoms with Crippen LogP contribution in [0.15, 0.2) is 83.8 Å². The molecule has 0 radical (unpaired) electrons. The first-order valence-electron chi connectivity index (χ1n) is 13.2. The van der Waals surface area contributed by atoms with Crippen LogP contribution in [-0.4, -0.2) is 50.9 Å². The molecule has 40 heavy (non-hydrogen) atoms. The first-order chi connectivity index (χ1) is 19.1. The second-order valence-electron chi connectivity index (χ2n) is 9.42. The second kappa shape index (κ2) is 14.2. The highest BCUT2D eigenvalue weighted by Crippen LogP contribution is 2.26. The molecule has 0 aromatic heterocycles. The fourth-order valence-electron chi connectivity index (χ4n) is 4.18. The number of hydrogen-bond acceptors (Lipinski definition) is 5. The van der Waals surface area contributed by atoms with Crippen molar-refractivity contribution in [3.8, 4) is 5.75 Å². The van der Waals surface area contributed by atoms with Gasteiger partial charge in [-0.2, -0.15) is 0 Å². The van der Waals surface area contributed by atoms with Crippen LogP contribution in [0.25, 0.3) is 0 Å². The van der Waals surface area contributed by atoms with Crippen LogP contribution in [0.1, 0.15) is 39.2 Å². The molecule has 0 bridgehead atoms. The summed E-state index contributed by atoms with van der Waals surface area (Å²) in [6, 6.07) is 20.5. The lowest BCUT2D eigenvalue weighted by molar-refractivity contribution is -0.140. The maximum atomic E-state index is 14.1. The molecular weight excluding hydrogens is 550 g/mol. The standard InChI is InChI=1S/C30H36ClN3O5S/c1-5-22(3)32-30(36)28(6-2)33(20-23-11-10-12-26(19-23)39-4)29(35)21-34(25-17-15-24(31)16-18-25)40(37,38)27-13-8-7-9-14-27/h7-19,22,28H,5-6,20-21H2,1-4H3,(H,32,36)/t22-,28+/m0/s1. The largest absolute Gasteiger partial charge is 0.497 e. The van der Waals surface area contributed by atoms with Gasteiger partial charge in [-0.3, -0.25) is 13.9 Å². The van der Waals surface area contributed by atoms with E-state index in [0.29, 0.717) is 17.2 Å². The minimum atomic E-state index is -4.13. The van der Waals surface area contributed by atoms with Crippen LogP contribution in [0.3, 0.4) is 0 Å². The molecule has 0 aliphatic carbocycles. The van der Waals surface area contributed by atoms with Gasteiger partial charge in [0, 0.05) is 17.6 Å². The van der Waals surface area contributed by atoms with E-state index < -0.39 is 28.5 Å². The van der Waals surface area contributed by atoms with E-state index in [1.165, 1.54) is 17.0 Å². The summed E-state index contributed by atoms with van der Waals surface area (Å²) in [7, 11) is -2.58. The zero-order valence-electron chi connectivity index (χ0n) is 23.2.